The summed E-state index contributed by atoms with van der Waals surface area (Å²) in [5, 5.41) is 2.01. The van der Waals surface area contributed by atoms with Gasteiger partial charge in [0.05, 0.1) is 11.8 Å². The first kappa shape index (κ1) is 11.2. The van der Waals surface area contributed by atoms with Gasteiger partial charge in [-0.1, -0.05) is 30.3 Å². The molecule has 2 aromatic heterocycles. The number of fused-ring (bicyclic) bond motifs is 1. The second-order valence-electron chi connectivity index (χ2n) is 4.03. The first-order chi connectivity index (χ1) is 8.81. The molecule has 90 valence electrons. The van der Waals surface area contributed by atoms with Gasteiger partial charge in [0, 0.05) is 17.5 Å². The fraction of sp³-hybridized carbons (Fsp3) is 0.143. The van der Waals surface area contributed by atoms with Crippen molar-refractivity contribution >= 4 is 21.6 Å². The van der Waals surface area contributed by atoms with E-state index < -0.39 is 0 Å². The van der Waals surface area contributed by atoms with Gasteiger partial charge in [-0.2, -0.15) is 0 Å². The molecule has 4 heteroatoms. The number of aryl methyl sites for hydroxylation is 1. The monoisotopic (exact) mass is 256 g/mol. The Balaban J connectivity index is 2.29. The molecule has 0 atom stereocenters. The number of hydrogen-bond acceptors (Lipinski definition) is 3. The molecule has 0 spiro atoms. The van der Waals surface area contributed by atoms with Crippen LogP contribution in [0.4, 0.5) is 0 Å². The summed E-state index contributed by atoms with van der Waals surface area (Å²) in [6.45, 7) is 2.60. The first-order valence-electron chi connectivity index (χ1n) is 5.83. The summed E-state index contributed by atoms with van der Waals surface area (Å²) in [5.74, 6) is 0. The Labute approximate surface area is 108 Å². The number of aromatic nitrogens is 2. The van der Waals surface area contributed by atoms with E-state index in [9.17, 15) is 4.79 Å². The van der Waals surface area contributed by atoms with Crippen LogP contribution in [0, 0.1) is 0 Å². The summed E-state index contributed by atoms with van der Waals surface area (Å²) in [6.07, 6.45) is 1.63. The molecule has 0 unspecified atom stereocenters. The van der Waals surface area contributed by atoms with Crippen molar-refractivity contribution in [1.82, 2.24) is 9.55 Å². The van der Waals surface area contributed by atoms with Crippen molar-refractivity contribution in [2.75, 3.05) is 0 Å². The van der Waals surface area contributed by atoms with Crippen LogP contribution in [0.1, 0.15) is 6.92 Å². The molecule has 1 aromatic carbocycles. The van der Waals surface area contributed by atoms with Gasteiger partial charge in [-0.25, -0.2) is 4.98 Å². The van der Waals surface area contributed by atoms with Crippen LogP contribution in [0.15, 0.2) is 46.8 Å². The van der Waals surface area contributed by atoms with E-state index in [1.807, 2.05) is 42.6 Å². The Bertz CT molecular complexity index is 743. The van der Waals surface area contributed by atoms with Crippen molar-refractivity contribution in [1.29, 1.82) is 0 Å². The maximum absolute atomic E-state index is 12.1. The molecule has 3 nitrogen and oxygen atoms in total. The molecule has 0 aliphatic carbocycles. The smallest absolute Gasteiger partial charge is 0.271 e. The quantitative estimate of drug-likeness (QED) is 0.706. The van der Waals surface area contributed by atoms with Crippen molar-refractivity contribution in [3.05, 3.63) is 52.4 Å². The lowest BCUT2D eigenvalue weighted by Crippen LogP contribution is -2.18. The van der Waals surface area contributed by atoms with E-state index in [1.165, 1.54) is 11.3 Å². The molecule has 0 radical (unpaired) electrons. The zero-order valence-corrected chi connectivity index (χ0v) is 10.8. The molecule has 2 heterocycles. The molecular weight excluding hydrogens is 244 g/mol. The van der Waals surface area contributed by atoms with Gasteiger partial charge in [0.15, 0.2) is 0 Å². The average molecular weight is 256 g/mol. The van der Waals surface area contributed by atoms with Gasteiger partial charge in [0.2, 0.25) is 0 Å². The summed E-state index contributed by atoms with van der Waals surface area (Å²) in [6, 6.07) is 10.0. The molecule has 0 saturated carbocycles. The van der Waals surface area contributed by atoms with Crippen molar-refractivity contribution < 1.29 is 0 Å². The summed E-state index contributed by atoms with van der Waals surface area (Å²) < 4.78 is 2.37. The Morgan fingerprint density at radius 1 is 1.28 bits per heavy atom. The summed E-state index contributed by atoms with van der Waals surface area (Å²) in [5.41, 5.74) is 3.00. The molecule has 0 amide bonds. The number of benzene rings is 1. The van der Waals surface area contributed by atoms with Crippen LogP contribution in [-0.4, -0.2) is 9.55 Å². The van der Waals surface area contributed by atoms with Gasteiger partial charge < -0.3 is 0 Å². The van der Waals surface area contributed by atoms with Crippen LogP contribution >= 0.6 is 11.3 Å². The normalized spacial score (nSPS) is 10.9. The molecule has 3 aromatic rings. The SMILES string of the molecule is CCn1cnc2c(-c3ccccc3)csc2c1=O. The van der Waals surface area contributed by atoms with E-state index in [-0.39, 0.29) is 5.56 Å². The molecule has 0 fully saturated rings. The lowest BCUT2D eigenvalue weighted by Gasteiger charge is -2.01. The lowest BCUT2D eigenvalue weighted by atomic mass is 10.1. The largest absolute Gasteiger partial charge is 0.298 e. The second kappa shape index (κ2) is 4.38. The molecule has 0 saturated heterocycles. The van der Waals surface area contributed by atoms with Gasteiger partial charge >= 0.3 is 0 Å². The molecular formula is C14H12N2OS. The number of hydrogen-bond donors (Lipinski definition) is 0. The van der Waals surface area contributed by atoms with Crippen molar-refractivity contribution in [3.63, 3.8) is 0 Å². The van der Waals surface area contributed by atoms with Crippen LogP contribution in [0.2, 0.25) is 0 Å². The van der Waals surface area contributed by atoms with Gasteiger partial charge in [-0.05, 0) is 12.5 Å². The fourth-order valence-electron chi connectivity index (χ4n) is 1.99. The average Bonchev–Trinajstić information content (AvgIpc) is 2.85. The zero-order valence-electron chi connectivity index (χ0n) is 9.96. The lowest BCUT2D eigenvalue weighted by molar-refractivity contribution is 0.719. The van der Waals surface area contributed by atoms with E-state index in [0.717, 1.165) is 21.3 Å². The standard InChI is InChI=1S/C14H12N2OS/c1-2-16-9-15-12-11(8-18-13(12)14(16)17)10-6-4-3-5-7-10/h3-9H,2H2,1H3. The van der Waals surface area contributed by atoms with Crippen molar-refractivity contribution in [2.24, 2.45) is 0 Å². The van der Waals surface area contributed by atoms with Crippen LogP contribution in [0.5, 0.6) is 0 Å². The van der Waals surface area contributed by atoms with E-state index in [4.69, 9.17) is 0 Å². The number of nitrogens with zero attached hydrogens (tertiary/aromatic N) is 2. The van der Waals surface area contributed by atoms with Gasteiger partial charge in [-0.3, -0.25) is 9.36 Å². The van der Waals surface area contributed by atoms with Gasteiger partial charge in [-0.15, -0.1) is 11.3 Å². The van der Waals surface area contributed by atoms with E-state index in [0.29, 0.717) is 6.54 Å². The van der Waals surface area contributed by atoms with E-state index in [2.05, 4.69) is 4.98 Å². The van der Waals surface area contributed by atoms with Gasteiger partial charge in [0.1, 0.15) is 4.70 Å². The predicted molar refractivity (Wildman–Crippen MR) is 75.0 cm³/mol. The number of thiophene rings is 1. The van der Waals surface area contributed by atoms with Crippen LogP contribution in [-0.2, 0) is 6.54 Å². The highest BCUT2D eigenvalue weighted by atomic mass is 32.1. The summed E-state index contributed by atoms with van der Waals surface area (Å²) in [4.78, 5) is 16.6. The fourth-order valence-corrected chi connectivity index (χ4v) is 2.97. The number of rotatable bonds is 2. The van der Waals surface area contributed by atoms with Crippen LogP contribution in [0.3, 0.4) is 0 Å². The highest BCUT2D eigenvalue weighted by Gasteiger charge is 2.11. The molecule has 0 aliphatic heterocycles. The third-order valence-electron chi connectivity index (χ3n) is 2.97. The molecule has 3 rings (SSSR count). The van der Waals surface area contributed by atoms with E-state index in [1.54, 1.807) is 10.9 Å². The van der Waals surface area contributed by atoms with Gasteiger partial charge in [0.25, 0.3) is 5.56 Å². The molecule has 18 heavy (non-hydrogen) atoms. The molecule has 0 bridgehead atoms. The van der Waals surface area contributed by atoms with Crippen LogP contribution in [0.25, 0.3) is 21.3 Å². The predicted octanol–water partition coefficient (Wildman–Crippen LogP) is 3.14. The Kier molecular flexibility index (Phi) is 2.72. The molecule has 0 N–H and O–H groups in total. The highest BCUT2D eigenvalue weighted by Crippen LogP contribution is 2.30. The summed E-state index contributed by atoms with van der Waals surface area (Å²) >= 11 is 1.47. The Morgan fingerprint density at radius 2 is 2.06 bits per heavy atom. The zero-order chi connectivity index (χ0) is 12.5. The third kappa shape index (κ3) is 1.66. The van der Waals surface area contributed by atoms with Crippen molar-refractivity contribution in [2.45, 2.75) is 13.5 Å². The minimum atomic E-state index is 0.0506. The highest BCUT2D eigenvalue weighted by molar-refractivity contribution is 7.17. The topological polar surface area (TPSA) is 34.9 Å². The maximum atomic E-state index is 12.1. The van der Waals surface area contributed by atoms with E-state index >= 15 is 0 Å². The maximum Gasteiger partial charge on any atom is 0.271 e. The van der Waals surface area contributed by atoms with Crippen LogP contribution < -0.4 is 5.56 Å². The third-order valence-corrected chi connectivity index (χ3v) is 3.93. The summed E-state index contributed by atoms with van der Waals surface area (Å²) in [7, 11) is 0. The Hall–Kier alpha value is -1.94. The minimum Gasteiger partial charge on any atom is -0.298 e. The Morgan fingerprint density at radius 3 is 2.78 bits per heavy atom. The first-order valence-corrected chi connectivity index (χ1v) is 6.71. The van der Waals surface area contributed by atoms with Crippen molar-refractivity contribution in [3.8, 4) is 11.1 Å². The minimum absolute atomic E-state index is 0.0506. The molecule has 0 aliphatic rings. The second-order valence-corrected chi connectivity index (χ2v) is 4.91.